The molecule has 2 rings (SSSR count). The van der Waals surface area contributed by atoms with E-state index in [1.807, 2.05) is 50.0 Å². The van der Waals surface area contributed by atoms with Crippen molar-refractivity contribution in [3.63, 3.8) is 0 Å². The molecule has 0 amide bonds. The maximum Gasteiger partial charge on any atom is 0.238 e. The predicted octanol–water partition coefficient (Wildman–Crippen LogP) is 2.09. The van der Waals surface area contributed by atoms with Gasteiger partial charge >= 0.3 is 0 Å². The summed E-state index contributed by atoms with van der Waals surface area (Å²) in [6.07, 6.45) is 1.81. The van der Waals surface area contributed by atoms with Crippen LogP contribution in [0.1, 0.15) is 13.8 Å². The van der Waals surface area contributed by atoms with Gasteiger partial charge in [0.1, 0.15) is 0 Å². The summed E-state index contributed by atoms with van der Waals surface area (Å²) in [6.45, 7) is 4.00. The van der Waals surface area contributed by atoms with Crippen LogP contribution < -0.4 is 4.68 Å². The molecule has 1 heterocycles. The molecule has 0 fully saturated rings. The van der Waals surface area contributed by atoms with Crippen molar-refractivity contribution in [1.29, 1.82) is 0 Å². The Morgan fingerprint density at radius 2 is 1.77 bits per heavy atom. The molecule has 68 valence electrons. The van der Waals surface area contributed by atoms with Crippen LogP contribution in [0, 0.1) is 0 Å². The smallest absolute Gasteiger partial charge is 0.0865 e. The number of aromatic nitrogens is 2. The van der Waals surface area contributed by atoms with Gasteiger partial charge in [-0.15, -0.1) is 0 Å². The van der Waals surface area contributed by atoms with Gasteiger partial charge in [-0.25, -0.2) is 0 Å². The SMILES string of the molecule is CC.C[n+]1nccc2ccccc21. The quantitative estimate of drug-likeness (QED) is 0.560. The van der Waals surface area contributed by atoms with Crippen LogP contribution in [0.5, 0.6) is 0 Å². The van der Waals surface area contributed by atoms with E-state index in [0.29, 0.717) is 0 Å². The molecule has 0 saturated heterocycles. The molecule has 2 nitrogen and oxygen atoms in total. The first-order valence-electron chi connectivity index (χ1n) is 4.58. The minimum absolute atomic E-state index is 1.16. The van der Waals surface area contributed by atoms with Gasteiger partial charge in [-0.2, -0.15) is 0 Å². The number of rotatable bonds is 0. The number of hydrogen-bond donors (Lipinski definition) is 0. The normalized spacial score (nSPS) is 9.15. The molecule has 13 heavy (non-hydrogen) atoms. The molecular formula is C11H15N2+. The maximum atomic E-state index is 4.12. The second-order valence-electron chi connectivity index (χ2n) is 2.51. The van der Waals surface area contributed by atoms with E-state index in [1.54, 1.807) is 0 Å². The Morgan fingerprint density at radius 1 is 1.08 bits per heavy atom. The third-order valence-corrected chi connectivity index (χ3v) is 1.78. The van der Waals surface area contributed by atoms with E-state index in [9.17, 15) is 0 Å². The lowest BCUT2D eigenvalue weighted by atomic mass is 10.2. The van der Waals surface area contributed by atoms with Gasteiger partial charge < -0.3 is 0 Å². The van der Waals surface area contributed by atoms with Gasteiger partial charge in [-0.1, -0.05) is 30.7 Å². The number of para-hydroxylation sites is 1. The van der Waals surface area contributed by atoms with Crippen molar-refractivity contribution in [2.75, 3.05) is 0 Å². The van der Waals surface area contributed by atoms with Crippen molar-refractivity contribution in [3.8, 4) is 0 Å². The van der Waals surface area contributed by atoms with E-state index >= 15 is 0 Å². The topological polar surface area (TPSA) is 16.8 Å². The van der Waals surface area contributed by atoms with E-state index in [4.69, 9.17) is 0 Å². The monoisotopic (exact) mass is 175 g/mol. The lowest BCUT2D eigenvalue weighted by Gasteiger charge is -1.90. The van der Waals surface area contributed by atoms with Crippen LogP contribution in [0.25, 0.3) is 10.9 Å². The predicted molar refractivity (Wildman–Crippen MR) is 54.3 cm³/mol. The molecule has 2 heteroatoms. The molecule has 0 aliphatic rings. The first-order chi connectivity index (χ1) is 6.38. The van der Waals surface area contributed by atoms with E-state index in [-0.39, 0.29) is 0 Å². The molecule has 1 aromatic carbocycles. The van der Waals surface area contributed by atoms with E-state index in [1.165, 1.54) is 5.39 Å². The van der Waals surface area contributed by atoms with Crippen molar-refractivity contribution in [3.05, 3.63) is 36.5 Å². The van der Waals surface area contributed by atoms with Gasteiger partial charge in [0, 0.05) is 6.07 Å². The summed E-state index contributed by atoms with van der Waals surface area (Å²) >= 11 is 0. The Kier molecular flexibility index (Phi) is 3.38. The molecule has 0 saturated carbocycles. The molecule has 0 aliphatic carbocycles. The van der Waals surface area contributed by atoms with Crippen molar-refractivity contribution in [1.82, 2.24) is 5.10 Å². The van der Waals surface area contributed by atoms with Crippen molar-refractivity contribution in [2.45, 2.75) is 13.8 Å². The first-order valence-corrected chi connectivity index (χ1v) is 4.58. The Hall–Kier alpha value is -1.44. The lowest BCUT2D eigenvalue weighted by molar-refractivity contribution is -0.705. The molecule has 0 radical (unpaired) electrons. The van der Waals surface area contributed by atoms with Crippen LogP contribution >= 0.6 is 0 Å². The summed E-state index contributed by atoms with van der Waals surface area (Å²) < 4.78 is 1.87. The third-order valence-electron chi connectivity index (χ3n) is 1.78. The van der Waals surface area contributed by atoms with Crippen LogP contribution in [0.15, 0.2) is 36.5 Å². The van der Waals surface area contributed by atoms with Gasteiger partial charge in [0.2, 0.25) is 5.52 Å². The Labute approximate surface area is 78.8 Å². The second kappa shape index (κ2) is 4.55. The van der Waals surface area contributed by atoms with Gasteiger partial charge in [0.05, 0.1) is 11.6 Å². The summed E-state index contributed by atoms with van der Waals surface area (Å²) in [5, 5.41) is 5.35. The zero-order valence-electron chi connectivity index (χ0n) is 8.36. The van der Waals surface area contributed by atoms with Crippen LogP contribution in [-0.2, 0) is 7.05 Å². The number of nitrogens with zero attached hydrogens (tertiary/aromatic N) is 2. The average Bonchev–Trinajstić information content (AvgIpc) is 2.22. The highest BCUT2D eigenvalue weighted by atomic mass is 15.2. The van der Waals surface area contributed by atoms with Gasteiger partial charge in [0.25, 0.3) is 0 Å². The Bertz CT molecular complexity index is 377. The van der Waals surface area contributed by atoms with Crippen molar-refractivity contribution >= 4 is 10.9 Å². The summed E-state index contributed by atoms with van der Waals surface area (Å²) in [7, 11) is 1.95. The molecule has 2 aromatic rings. The summed E-state index contributed by atoms with van der Waals surface area (Å²) in [5.41, 5.74) is 1.16. The van der Waals surface area contributed by atoms with Gasteiger partial charge in [-0.05, 0) is 17.2 Å². The van der Waals surface area contributed by atoms with Crippen LogP contribution in [0.4, 0.5) is 0 Å². The van der Waals surface area contributed by atoms with E-state index in [0.717, 1.165) is 5.52 Å². The molecule has 0 bridgehead atoms. The first kappa shape index (κ1) is 9.65. The number of benzene rings is 1. The van der Waals surface area contributed by atoms with Crippen molar-refractivity contribution in [2.24, 2.45) is 7.05 Å². The second-order valence-corrected chi connectivity index (χ2v) is 2.51. The third kappa shape index (κ3) is 2.02. The number of aryl methyl sites for hydroxylation is 1. The maximum absolute atomic E-state index is 4.12. The zero-order valence-corrected chi connectivity index (χ0v) is 8.36. The molecule has 0 N–H and O–H groups in total. The Morgan fingerprint density at radius 3 is 2.46 bits per heavy atom. The molecule has 0 unspecified atom stereocenters. The summed E-state index contributed by atoms with van der Waals surface area (Å²) in [6, 6.07) is 10.2. The molecule has 0 aliphatic heterocycles. The van der Waals surface area contributed by atoms with E-state index < -0.39 is 0 Å². The van der Waals surface area contributed by atoms with Crippen molar-refractivity contribution < 1.29 is 4.68 Å². The fourth-order valence-electron chi connectivity index (χ4n) is 1.20. The largest absolute Gasteiger partial charge is 0.238 e. The minimum atomic E-state index is 1.16. The fraction of sp³-hybridized carbons (Fsp3) is 0.273. The highest BCUT2D eigenvalue weighted by Gasteiger charge is 2.01. The standard InChI is InChI=1S/C9H9N2.C2H6/c1-11-9-5-3-2-4-8(9)6-7-10-11;1-2/h2-7H,1H3;1-2H3/q+1;. The van der Waals surface area contributed by atoms with Crippen LogP contribution in [0.3, 0.4) is 0 Å². The van der Waals surface area contributed by atoms with Crippen LogP contribution in [0.2, 0.25) is 0 Å². The highest BCUT2D eigenvalue weighted by Crippen LogP contribution is 2.05. The van der Waals surface area contributed by atoms with Gasteiger partial charge in [-0.3, -0.25) is 0 Å². The fourth-order valence-corrected chi connectivity index (χ4v) is 1.20. The van der Waals surface area contributed by atoms with E-state index in [2.05, 4.69) is 17.2 Å². The lowest BCUT2D eigenvalue weighted by Crippen LogP contribution is -2.32. The molecule has 0 spiro atoms. The van der Waals surface area contributed by atoms with Gasteiger partial charge in [0.15, 0.2) is 7.05 Å². The zero-order chi connectivity index (χ0) is 9.68. The summed E-state index contributed by atoms with van der Waals surface area (Å²) in [4.78, 5) is 0. The molecular weight excluding hydrogens is 160 g/mol. The highest BCUT2D eigenvalue weighted by molar-refractivity contribution is 5.74. The Balaban J connectivity index is 0.000000396. The minimum Gasteiger partial charge on any atom is -0.0865 e. The molecule has 1 aromatic heterocycles. The number of hydrogen-bond acceptors (Lipinski definition) is 1. The number of fused-ring (bicyclic) bond motifs is 1. The summed E-state index contributed by atoms with van der Waals surface area (Å²) in [5.74, 6) is 0. The van der Waals surface area contributed by atoms with Crippen LogP contribution in [-0.4, -0.2) is 5.10 Å². The average molecular weight is 175 g/mol. The molecule has 0 atom stereocenters.